The molecule has 0 bridgehead atoms. The number of benzene rings is 2. The maximum Gasteiger partial charge on any atom is 0.293 e. The molecule has 2 aromatic carbocycles. The molecule has 0 heterocycles. The van der Waals surface area contributed by atoms with Gasteiger partial charge in [-0.3, -0.25) is 9.59 Å². The van der Waals surface area contributed by atoms with Crippen molar-refractivity contribution in [2.24, 2.45) is 0 Å². The van der Waals surface area contributed by atoms with Gasteiger partial charge in [-0.15, -0.1) is 0 Å². The summed E-state index contributed by atoms with van der Waals surface area (Å²) in [6.07, 6.45) is -0.766. The van der Waals surface area contributed by atoms with E-state index >= 15 is 0 Å². The molecule has 0 amide bonds. The Morgan fingerprint density at radius 2 is 1.55 bits per heavy atom. The molecule has 2 aromatic rings. The average molecular weight is 266 g/mol. The minimum atomic E-state index is -0.766. The lowest BCUT2D eigenvalue weighted by Gasteiger charge is -2.21. The van der Waals surface area contributed by atoms with Crippen LogP contribution in [0.25, 0.3) is 11.1 Å². The van der Waals surface area contributed by atoms with Crippen LogP contribution in [0.3, 0.4) is 0 Å². The highest BCUT2D eigenvalue weighted by Gasteiger charge is 2.37. The summed E-state index contributed by atoms with van der Waals surface area (Å²) < 4.78 is 5.07. The van der Waals surface area contributed by atoms with Gasteiger partial charge in [0.15, 0.2) is 11.9 Å². The molecule has 0 saturated heterocycles. The maximum atomic E-state index is 11.9. The molecule has 0 radical (unpaired) electrons. The molecular weight excluding hydrogens is 252 g/mol. The number of carbonyl (C=O) groups is 2. The number of carbonyl (C=O) groups excluding carboxylic acids is 2. The van der Waals surface area contributed by atoms with E-state index in [2.05, 4.69) is 0 Å². The Morgan fingerprint density at radius 3 is 2.00 bits per heavy atom. The summed E-state index contributed by atoms with van der Waals surface area (Å²) in [5, 5.41) is 0. The van der Waals surface area contributed by atoms with Gasteiger partial charge in [-0.05, 0) is 29.2 Å². The highest BCUT2D eigenvalue weighted by atomic mass is 16.5. The van der Waals surface area contributed by atoms with Crippen LogP contribution in [0, 0.1) is 0 Å². The Kier molecular flexibility index (Phi) is 3.11. The molecule has 0 N–H and O–H groups in total. The van der Waals surface area contributed by atoms with Crippen molar-refractivity contribution in [2.75, 3.05) is 0 Å². The molecule has 0 aromatic heterocycles. The quantitative estimate of drug-likeness (QED) is 0.799. The molecule has 1 atom stereocenters. The molecule has 1 aliphatic carbocycles. The SMILES string of the molecule is CC(=O)C(OC=O)C1c2ccccc2-c2ccccc21. The van der Waals surface area contributed by atoms with Crippen LogP contribution in [-0.4, -0.2) is 18.4 Å². The lowest BCUT2D eigenvalue weighted by molar-refractivity contribution is -0.143. The zero-order chi connectivity index (χ0) is 14.1. The second-order valence-electron chi connectivity index (χ2n) is 4.92. The summed E-state index contributed by atoms with van der Waals surface area (Å²) in [4.78, 5) is 22.6. The largest absolute Gasteiger partial charge is 0.456 e. The van der Waals surface area contributed by atoms with E-state index in [1.54, 1.807) is 0 Å². The molecule has 100 valence electrons. The third-order valence-corrected chi connectivity index (χ3v) is 3.79. The maximum absolute atomic E-state index is 11.9. The van der Waals surface area contributed by atoms with Gasteiger partial charge in [-0.1, -0.05) is 48.5 Å². The highest BCUT2D eigenvalue weighted by molar-refractivity contribution is 5.88. The zero-order valence-corrected chi connectivity index (χ0v) is 11.1. The number of rotatable bonds is 4. The van der Waals surface area contributed by atoms with E-state index < -0.39 is 6.10 Å². The van der Waals surface area contributed by atoms with Gasteiger partial charge in [-0.2, -0.15) is 0 Å². The van der Waals surface area contributed by atoms with Crippen molar-refractivity contribution in [2.45, 2.75) is 18.9 Å². The zero-order valence-electron chi connectivity index (χ0n) is 11.1. The molecule has 0 saturated carbocycles. The molecule has 0 spiro atoms. The van der Waals surface area contributed by atoms with E-state index in [4.69, 9.17) is 4.74 Å². The molecule has 1 aliphatic rings. The van der Waals surface area contributed by atoms with Crippen LogP contribution < -0.4 is 0 Å². The molecule has 0 aliphatic heterocycles. The first-order valence-corrected chi connectivity index (χ1v) is 6.52. The minimum Gasteiger partial charge on any atom is -0.456 e. The van der Waals surface area contributed by atoms with Crippen LogP contribution in [0.1, 0.15) is 24.0 Å². The van der Waals surface area contributed by atoms with Crippen LogP contribution in [0.5, 0.6) is 0 Å². The second kappa shape index (κ2) is 4.93. The minimum absolute atomic E-state index is 0.145. The van der Waals surface area contributed by atoms with E-state index in [-0.39, 0.29) is 11.7 Å². The normalized spacial score (nSPS) is 14.2. The first-order chi connectivity index (χ1) is 9.74. The van der Waals surface area contributed by atoms with Crippen molar-refractivity contribution in [1.29, 1.82) is 0 Å². The Bertz CT molecular complexity index is 630. The lowest BCUT2D eigenvalue weighted by atomic mass is 9.89. The molecule has 20 heavy (non-hydrogen) atoms. The van der Waals surface area contributed by atoms with Gasteiger partial charge in [-0.25, -0.2) is 0 Å². The summed E-state index contributed by atoms with van der Waals surface area (Å²) in [5.41, 5.74) is 4.29. The first-order valence-electron chi connectivity index (χ1n) is 6.52. The predicted molar refractivity (Wildman–Crippen MR) is 75.3 cm³/mol. The summed E-state index contributed by atoms with van der Waals surface area (Å²) in [6.45, 7) is 1.81. The first kappa shape index (κ1) is 12.6. The lowest BCUT2D eigenvalue weighted by Crippen LogP contribution is -2.28. The molecule has 0 fully saturated rings. The van der Waals surface area contributed by atoms with Gasteiger partial charge in [0.2, 0.25) is 0 Å². The van der Waals surface area contributed by atoms with Gasteiger partial charge in [0.25, 0.3) is 6.47 Å². The van der Waals surface area contributed by atoms with Crippen LogP contribution in [-0.2, 0) is 14.3 Å². The third kappa shape index (κ3) is 1.83. The fourth-order valence-electron chi connectivity index (χ4n) is 2.99. The number of fused-ring (bicyclic) bond motifs is 3. The number of Topliss-reactive ketones (excluding diaryl/α,β-unsaturated/α-hetero) is 1. The second-order valence-corrected chi connectivity index (χ2v) is 4.92. The molecule has 1 unspecified atom stereocenters. The summed E-state index contributed by atoms with van der Waals surface area (Å²) in [7, 11) is 0. The van der Waals surface area contributed by atoms with Crippen molar-refractivity contribution in [3.63, 3.8) is 0 Å². The molecule has 3 rings (SSSR count). The van der Waals surface area contributed by atoms with Gasteiger partial charge < -0.3 is 4.74 Å². The standard InChI is InChI=1S/C17H14O3/c1-11(19)17(20-10-18)16-14-8-4-2-6-12(14)13-7-3-5-9-15(13)16/h2-10,16-17H,1H3. The van der Waals surface area contributed by atoms with E-state index in [1.165, 1.54) is 6.92 Å². The summed E-state index contributed by atoms with van der Waals surface area (Å²) >= 11 is 0. The predicted octanol–water partition coefficient (Wildman–Crippen LogP) is 2.93. The Morgan fingerprint density at radius 1 is 1.05 bits per heavy atom. The van der Waals surface area contributed by atoms with Gasteiger partial charge in [0.1, 0.15) is 0 Å². The number of hydrogen-bond acceptors (Lipinski definition) is 3. The van der Waals surface area contributed by atoms with Crippen molar-refractivity contribution in [1.82, 2.24) is 0 Å². The topological polar surface area (TPSA) is 43.4 Å². The van der Waals surface area contributed by atoms with Crippen molar-refractivity contribution in [3.8, 4) is 11.1 Å². The van der Waals surface area contributed by atoms with Crippen LogP contribution in [0.4, 0.5) is 0 Å². The van der Waals surface area contributed by atoms with E-state index in [0.29, 0.717) is 6.47 Å². The van der Waals surface area contributed by atoms with E-state index in [9.17, 15) is 9.59 Å². The van der Waals surface area contributed by atoms with Gasteiger partial charge >= 0.3 is 0 Å². The molecule has 3 heteroatoms. The van der Waals surface area contributed by atoms with E-state index in [1.807, 2.05) is 48.5 Å². The number of hydrogen-bond donors (Lipinski definition) is 0. The Labute approximate surface area is 117 Å². The molecular formula is C17H14O3. The van der Waals surface area contributed by atoms with E-state index in [0.717, 1.165) is 22.3 Å². The third-order valence-electron chi connectivity index (χ3n) is 3.79. The summed E-state index contributed by atoms with van der Waals surface area (Å²) in [5.74, 6) is -0.362. The smallest absolute Gasteiger partial charge is 0.293 e. The van der Waals surface area contributed by atoms with Crippen LogP contribution >= 0.6 is 0 Å². The summed E-state index contributed by atoms with van der Waals surface area (Å²) in [6, 6.07) is 15.9. The highest BCUT2D eigenvalue weighted by Crippen LogP contribution is 2.46. The van der Waals surface area contributed by atoms with Crippen LogP contribution in [0.15, 0.2) is 48.5 Å². The number of ketones is 1. The molecule has 3 nitrogen and oxygen atoms in total. The fourth-order valence-corrected chi connectivity index (χ4v) is 2.99. The van der Waals surface area contributed by atoms with Gasteiger partial charge in [0, 0.05) is 0 Å². The Balaban J connectivity index is 2.20. The van der Waals surface area contributed by atoms with Crippen molar-refractivity contribution >= 4 is 12.3 Å². The van der Waals surface area contributed by atoms with Gasteiger partial charge in [0.05, 0.1) is 5.92 Å². The van der Waals surface area contributed by atoms with Crippen molar-refractivity contribution < 1.29 is 14.3 Å². The monoisotopic (exact) mass is 266 g/mol. The van der Waals surface area contributed by atoms with Crippen LogP contribution in [0.2, 0.25) is 0 Å². The van der Waals surface area contributed by atoms with Crippen molar-refractivity contribution in [3.05, 3.63) is 59.7 Å². The Hall–Kier alpha value is -2.42. The fraction of sp³-hybridized carbons (Fsp3) is 0.176. The number of ether oxygens (including phenoxy) is 1. The average Bonchev–Trinajstić information content (AvgIpc) is 2.79.